The average Bonchev–Trinajstić information content (AvgIpc) is 2.54. The smallest absolute Gasteiger partial charge is 0.166 e. The lowest BCUT2D eigenvalue weighted by atomic mass is 9.97. The fourth-order valence-electron chi connectivity index (χ4n) is 2.67. The van der Waals surface area contributed by atoms with E-state index in [1.807, 2.05) is 78.8 Å². The van der Waals surface area contributed by atoms with Crippen molar-refractivity contribution in [3.05, 3.63) is 53.6 Å². The molecule has 0 saturated carbocycles. The van der Waals surface area contributed by atoms with Crippen LogP contribution in [-0.4, -0.2) is 21.8 Å². The first-order valence-electron chi connectivity index (χ1n) is 9.49. The van der Waals surface area contributed by atoms with Gasteiger partial charge >= 0.3 is 0 Å². The number of rotatable bonds is 5. The van der Waals surface area contributed by atoms with Gasteiger partial charge in [0.1, 0.15) is 22.7 Å². The summed E-state index contributed by atoms with van der Waals surface area (Å²) in [4.78, 5) is 13.3. The molecule has 0 radical (unpaired) electrons. The highest BCUT2D eigenvalue weighted by Gasteiger charge is 2.19. The molecule has 0 aliphatic heterocycles. The summed E-state index contributed by atoms with van der Waals surface area (Å²) in [7, 11) is 0. The number of thiocarbonyl (C=S) groups is 1. The zero-order chi connectivity index (χ0) is 21.1. The maximum Gasteiger partial charge on any atom is 0.166 e. The Kier molecular flexibility index (Phi) is 6.66. The van der Waals surface area contributed by atoms with Gasteiger partial charge in [-0.2, -0.15) is 0 Å². The molecule has 0 amide bonds. The van der Waals surface area contributed by atoms with E-state index in [4.69, 9.17) is 21.7 Å². The van der Waals surface area contributed by atoms with Crippen molar-refractivity contribution >= 4 is 28.9 Å². The molecule has 0 aromatic heterocycles. The predicted octanol–water partition coefficient (Wildman–Crippen LogP) is 6.04. The molecule has 3 nitrogen and oxygen atoms in total. The molecule has 0 unspecified atom stereocenters. The first-order chi connectivity index (χ1) is 12.8. The summed E-state index contributed by atoms with van der Waals surface area (Å²) >= 11 is 5.09. The zero-order valence-electron chi connectivity index (χ0n) is 17.8. The number of carbonyl (C=O) groups excluding carboxylic acids is 1. The Hall–Kier alpha value is -2.20. The minimum atomic E-state index is -0.370. The minimum Gasteiger partial charge on any atom is -0.488 e. The van der Waals surface area contributed by atoms with Crippen molar-refractivity contribution in [2.75, 3.05) is 0 Å². The monoisotopic (exact) mass is 398 g/mol. The summed E-state index contributed by atoms with van der Waals surface area (Å²) in [5, 5.41) is 0. The lowest BCUT2D eigenvalue weighted by Crippen LogP contribution is -2.25. The Morgan fingerprint density at radius 3 is 2.04 bits per heavy atom. The Morgan fingerprint density at radius 2 is 1.50 bits per heavy atom. The Labute approximate surface area is 174 Å². The quantitative estimate of drug-likeness (QED) is 0.447. The Balaban J connectivity index is 2.34. The van der Waals surface area contributed by atoms with Crippen LogP contribution in [0.15, 0.2) is 42.5 Å². The highest BCUT2D eigenvalue weighted by molar-refractivity contribution is 7.81. The van der Waals surface area contributed by atoms with Crippen LogP contribution in [0, 0.1) is 12.8 Å². The normalized spacial score (nSPS) is 15.3. The molecule has 0 spiro atoms. The van der Waals surface area contributed by atoms with E-state index in [0.29, 0.717) is 5.75 Å². The number of allylic oxidation sites excluding steroid dienone is 5. The highest BCUT2D eigenvalue weighted by Crippen LogP contribution is 2.34. The van der Waals surface area contributed by atoms with Crippen molar-refractivity contribution in [3.63, 3.8) is 0 Å². The molecule has 0 saturated heterocycles. The molecule has 1 aliphatic carbocycles. The number of hydrogen-bond acceptors (Lipinski definition) is 4. The molecule has 1 aliphatic rings. The first-order valence-corrected chi connectivity index (χ1v) is 9.90. The summed E-state index contributed by atoms with van der Waals surface area (Å²) in [5.41, 5.74) is 1.16. The van der Waals surface area contributed by atoms with Crippen LogP contribution in [0.25, 0.3) is 6.08 Å². The van der Waals surface area contributed by atoms with Crippen molar-refractivity contribution < 1.29 is 14.3 Å². The Morgan fingerprint density at radius 1 is 0.964 bits per heavy atom. The average molecular weight is 399 g/mol. The van der Waals surface area contributed by atoms with Crippen LogP contribution in [0.2, 0.25) is 0 Å². The minimum absolute atomic E-state index is 0.00406. The van der Waals surface area contributed by atoms with E-state index in [1.165, 1.54) is 0 Å². The third kappa shape index (κ3) is 6.75. The SMILES string of the molecule is Cc1cc(/C=C/C(=O)C2C=CC(=S)C=C2)c(OC(C)(C)C)cc1OC(C)(C)C. The van der Waals surface area contributed by atoms with E-state index in [1.54, 1.807) is 18.2 Å². The molecule has 28 heavy (non-hydrogen) atoms. The van der Waals surface area contributed by atoms with E-state index in [2.05, 4.69) is 0 Å². The van der Waals surface area contributed by atoms with Gasteiger partial charge < -0.3 is 9.47 Å². The number of hydrogen-bond donors (Lipinski definition) is 0. The van der Waals surface area contributed by atoms with Crippen molar-refractivity contribution in [1.29, 1.82) is 0 Å². The van der Waals surface area contributed by atoms with Crippen LogP contribution in [-0.2, 0) is 4.79 Å². The van der Waals surface area contributed by atoms with Gasteiger partial charge in [-0.15, -0.1) is 0 Å². The molecule has 0 heterocycles. The number of ether oxygens (including phenoxy) is 2. The zero-order valence-corrected chi connectivity index (χ0v) is 18.6. The molecule has 0 fully saturated rings. The molecular weight excluding hydrogens is 368 g/mol. The molecular formula is C24H30O3S. The second kappa shape index (κ2) is 8.44. The summed E-state index contributed by atoms with van der Waals surface area (Å²) < 4.78 is 12.2. The lowest BCUT2D eigenvalue weighted by Gasteiger charge is -2.26. The van der Waals surface area contributed by atoms with Crippen molar-refractivity contribution in [3.8, 4) is 11.5 Å². The van der Waals surface area contributed by atoms with Gasteiger partial charge in [0.05, 0.1) is 5.92 Å². The third-order valence-electron chi connectivity index (χ3n) is 3.83. The van der Waals surface area contributed by atoms with Gasteiger partial charge in [0, 0.05) is 16.5 Å². The van der Waals surface area contributed by atoms with Gasteiger partial charge in [0.25, 0.3) is 0 Å². The molecule has 1 aromatic rings. The first kappa shape index (κ1) is 22.1. The number of benzene rings is 1. The van der Waals surface area contributed by atoms with Crippen molar-refractivity contribution in [1.82, 2.24) is 0 Å². The fourth-order valence-corrected chi connectivity index (χ4v) is 2.83. The van der Waals surface area contributed by atoms with Gasteiger partial charge in [0.15, 0.2) is 5.78 Å². The lowest BCUT2D eigenvalue weighted by molar-refractivity contribution is -0.115. The van der Waals surface area contributed by atoms with Gasteiger partial charge in [-0.3, -0.25) is 4.79 Å². The second-order valence-corrected chi connectivity index (χ2v) is 9.44. The molecule has 4 heteroatoms. The van der Waals surface area contributed by atoms with Crippen LogP contribution >= 0.6 is 12.2 Å². The highest BCUT2D eigenvalue weighted by atomic mass is 32.1. The Bertz CT molecular complexity index is 830. The van der Waals surface area contributed by atoms with Gasteiger partial charge in [-0.05, 0) is 84.4 Å². The topological polar surface area (TPSA) is 35.5 Å². The van der Waals surface area contributed by atoms with Crippen LogP contribution in [0.3, 0.4) is 0 Å². The summed E-state index contributed by atoms with van der Waals surface area (Å²) in [5.74, 6) is 1.20. The van der Waals surface area contributed by atoms with E-state index in [0.717, 1.165) is 21.7 Å². The van der Waals surface area contributed by atoms with Crippen LogP contribution in [0.4, 0.5) is 0 Å². The van der Waals surface area contributed by atoms with E-state index in [-0.39, 0.29) is 22.9 Å². The molecule has 0 bridgehead atoms. The van der Waals surface area contributed by atoms with Gasteiger partial charge in [-0.1, -0.05) is 24.4 Å². The summed E-state index contributed by atoms with van der Waals surface area (Å²) in [6, 6.07) is 3.91. The van der Waals surface area contributed by atoms with Crippen molar-refractivity contribution in [2.24, 2.45) is 5.92 Å². The maximum absolute atomic E-state index is 12.5. The van der Waals surface area contributed by atoms with E-state index < -0.39 is 0 Å². The van der Waals surface area contributed by atoms with Crippen LogP contribution in [0.1, 0.15) is 52.7 Å². The number of ketones is 1. The molecule has 0 atom stereocenters. The molecule has 0 N–H and O–H groups in total. The van der Waals surface area contributed by atoms with Crippen LogP contribution < -0.4 is 9.47 Å². The largest absolute Gasteiger partial charge is 0.488 e. The van der Waals surface area contributed by atoms with Gasteiger partial charge in [0.2, 0.25) is 0 Å². The summed E-state index contributed by atoms with van der Waals surface area (Å²) in [6.45, 7) is 14.0. The number of aryl methyl sites for hydroxylation is 1. The summed E-state index contributed by atoms with van der Waals surface area (Å²) in [6.07, 6.45) is 10.7. The second-order valence-electron chi connectivity index (χ2n) is 8.97. The van der Waals surface area contributed by atoms with Crippen LogP contribution in [0.5, 0.6) is 11.5 Å². The standard InChI is InChI=1S/C24H30O3S/c1-16-14-18(10-13-20(25)17-8-11-19(28)12-9-17)22(27-24(5,6)7)15-21(16)26-23(2,3)4/h8-15,17H,1-7H3/b13-10+. The van der Waals surface area contributed by atoms with Gasteiger partial charge in [-0.25, -0.2) is 0 Å². The predicted molar refractivity (Wildman–Crippen MR) is 120 cm³/mol. The maximum atomic E-state index is 12.5. The van der Waals surface area contributed by atoms with E-state index >= 15 is 0 Å². The third-order valence-corrected chi connectivity index (χ3v) is 4.10. The molecule has 1 aromatic carbocycles. The number of carbonyl (C=O) groups is 1. The fraction of sp³-hybridized carbons (Fsp3) is 0.417. The van der Waals surface area contributed by atoms with E-state index in [9.17, 15) is 4.79 Å². The molecule has 2 rings (SSSR count). The molecule has 150 valence electrons. The van der Waals surface area contributed by atoms with Crippen molar-refractivity contribution in [2.45, 2.75) is 59.7 Å².